The predicted molar refractivity (Wildman–Crippen MR) is 192 cm³/mol. The van der Waals surface area contributed by atoms with Gasteiger partial charge in [0.15, 0.2) is 39.3 Å². The van der Waals surface area contributed by atoms with Gasteiger partial charge in [-0.1, -0.05) is 48.1 Å². The van der Waals surface area contributed by atoms with Gasteiger partial charge in [-0.3, -0.25) is 0 Å². The molecule has 3 unspecified atom stereocenters. The van der Waals surface area contributed by atoms with Crippen molar-refractivity contribution in [3.8, 4) is 0 Å². The summed E-state index contributed by atoms with van der Waals surface area (Å²) in [6.07, 6.45) is 0.192. The standard InChI is InChI=1S/C34H58FN5O6Si2/c1-22-23(18-24(46-48(16,17)33(11,12)13)34(22,35)19-43-47(14,15)32(8,9)10)39-21-38-25-26(39)36-20-37-27(25)40(28(41)44-30(2,3)4)29(42)45-31(5,6)7/h20-21,23-24H,1,18-19H2,2-17H3. The minimum absolute atomic E-state index is 0.118. The van der Waals surface area contributed by atoms with Crippen molar-refractivity contribution in [2.24, 2.45) is 0 Å². The molecule has 0 N–H and O–H groups in total. The summed E-state index contributed by atoms with van der Waals surface area (Å²) in [5, 5.41) is -0.287. The summed E-state index contributed by atoms with van der Waals surface area (Å²) in [6.45, 7) is 35.4. The Kier molecular flexibility index (Phi) is 10.7. The van der Waals surface area contributed by atoms with Crippen molar-refractivity contribution < 1.29 is 32.3 Å². The number of imide groups is 1. The van der Waals surface area contributed by atoms with E-state index in [1.807, 2.05) is 0 Å². The monoisotopic (exact) mass is 707 g/mol. The summed E-state index contributed by atoms with van der Waals surface area (Å²) < 4.78 is 43.8. The molecular weight excluding hydrogens is 650 g/mol. The predicted octanol–water partition coefficient (Wildman–Crippen LogP) is 9.12. The van der Waals surface area contributed by atoms with Crippen LogP contribution in [0.4, 0.5) is 19.8 Å². The number of ether oxygens (including phenoxy) is 2. The van der Waals surface area contributed by atoms with Gasteiger partial charge in [0.2, 0.25) is 0 Å². The number of rotatable bonds is 7. The van der Waals surface area contributed by atoms with E-state index in [4.69, 9.17) is 18.3 Å². The lowest BCUT2D eigenvalue weighted by Gasteiger charge is -2.43. The second-order valence-corrected chi connectivity index (χ2v) is 27.4. The Bertz CT molecular complexity index is 1510. The molecule has 2 heterocycles. The van der Waals surface area contributed by atoms with Crippen LogP contribution in [0.3, 0.4) is 0 Å². The van der Waals surface area contributed by atoms with E-state index in [0.717, 1.165) is 4.90 Å². The summed E-state index contributed by atoms with van der Waals surface area (Å²) in [7, 11) is -4.78. The summed E-state index contributed by atoms with van der Waals surface area (Å²) >= 11 is 0. The first-order valence-electron chi connectivity index (χ1n) is 16.6. The fourth-order valence-electron chi connectivity index (χ4n) is 4.75. The maximum absolute atomic E-state index is 17.7. The Balaban J connectivity index is 2.14. The molecule has 0 aliphatic heterocycles. The van der Waals surface area contributed by atoms with Gasteiger partial charge in [-0.2, -0.15) is 4.90 Å². The van der Waals surface area contributed by atoms with Crippen LogP contribution in [0.1, 0.15) is 95.5 Å². The lowest BCUT2D eigenvalue weighted by Crippen LogP contribution is -2.52. The molecule has 2 aromatic rings. The van der Waals surface area contributed by atoms with Gasteiger partial charge in [0.05, 0.1) is 25.1 Å². The summed E-state index contributed by atoms with van der Waals surface area (Å²) in [4.78, 5) is 40.9. The molecule has 0 radical (unpaired) electrons. The minimum Gasteiger partial charge on any atom is -0.443 e. The first kappa shape index (κ1) is 39.7. The first-order valence-corrected chi connectivity index (χ1v) is 22.4. The molecule has 1 fully saturated rings. The highest BCUT2D eigenvalue weighted by Gasteiger charge is 2.57. The third-order valence-electron chi connectivity index (χ3n) is 9.62. The highest BCUT2D eigenvalue weighted by atomic mass is 28.4. The molecule has 11 nitrogen and oxygen atoms in total. The SMILES string of the molecule is C=C1C(n2cnc3c(N(C(=O)OC(C)(C)C)C(=O)OC(C)(C)C)ncnc32)CC(O[Si](C)(C)C(C)(C)C)C1(F)CO[Si](C)(C)C(C)(C)C. The van der Waals surface area contributed by atoms with Crippen LogP contribution in [0, 0.1) is 0 Å². The van der Waals surface area contributed by atoms with E-state index in [9.17, 15) is 9.59 Å². The van der Waals surface area contributed by atoms with Gasteiger partial charge >= 0.3 is 12.2 Å². The van der Waals surface area contributed by atoms with Crippen LogP contribution in [-0.4, -0.2) is 77.9 Å². The molecule has 0 saturated heterocycles. The van der Waals surface area contributed by atoms with Crippen molar-refractivity contribution >= 4 is 45.8 Å². The number of aromatic nitrogens is 4. The lowest BCUT2D eigenvalue weighted by atomic mass is 9.99. The second-order valence-electron chi connectivity index (χ2n) is 17.9. The van der Waals surface area contributed by atoms with Gasteiger partial charge in [-0.05, 0) is 83.4 Å². The van der Waals surface area contributed by atoms with Gasteiger partial charge in [-0.15, -0.1) is 0 Å². The lowest BCUT2D eigenvalue weighted by molar-refractivity contribution is 0.00840. The fraction of sp³-hybridized carbons (Fsp3) is 0.735. The first-order chi connectivity index (χ1) is 21.4. The van der Waals surface area contributed by atoms with E-state index >= 15 is 4.39 Å². The highest BCUT2D eigenvalue weighted by Crippen LogP contribution is 2.51. The maximum Gasteiger partial charge on any atom is 0.425 e. The molecule has 2 aromatic heterocycles. The van der Waals surface area contributed by atoms with Crippen molar-refractivity contribution in [2.75, 3.05) is 11.5 Å². The Hall–Kier alpha value is -2.69. The van der Waals surface area contributed by atoms with E-state index in [-0.39, 0.29) is 40.1 Å². The number of nitrogens with zero attached hydrogens (tertiary/aromatic N) is 5. The summed E-state index contributed by atoms with van der Waals surface area (Å²) in [6, 6.07) is -0.614. The maximum atomic E-state index is 17.7. The number of hydrogen-bond donors (Lipinski definition) is 0. The van der Waals surface area contributed by atoms with Crippen LogP contribution in [0.25, 0.3) is 11.2 Å². The molecule has 1 saturated carbocycles. The van der Waals surface area contributed by atoms with Crippen LogP contribution in [0.5, 0.6) is 0 Å². The second kappa shape index (κ2) is 12.9. The Labute approximate surface area is 288 Å². The number of amides is 2. The molecule has 270 valence electrons. The van der Waals surface area contributed by atoms with Gasteiger partial charge in [0.25, 0.3) is 0 Å². The van der Waals surface area contributed by atoms with Crippen LogP contribution in [0.15, 0.2) is 24.8 Å². The fourth-order valence-corrected chi connectivity index (χ4v) is 7.10. The van der Waals surface area contributed by atoms with Gasteiger partial charge in [-0.25, -0.2) is 28.9 Å². The minimum atomic E-state index is -2.44. The number of halogens is 1. The number of hydrogen-bond acceptors (Lipinski definition) is 9. The number of anilines is 1. The highest BCUT2D eigenvalue weighted by molar-refractivity contribution is 6.74. The molecule has 1 aliphatic carbocycles. The van der Waals surface area contributed by atoms with Crippen LogP contribution in [-0.2, 0) is 18.3 Å². The van der Waals surface area contributed by atoms with Crippen molar-refractivity contribution in [3.63, 3.8) is 0 Å². The van der Waals surface area contributed by atoms with Crippen molar-refractivity contribution in [1.29, 1.82) is 0 Å². The average Bonchev–Trinajstić information content (AvgIpc) is 3.39. The molecule has 0 spiro atoms. The van der Waals surface area contributed by atoms with Crippen molar-refractivity contribution in [1.82, 2.24) is 19.5 Å². The van der Waals surface area contributed by atoms with Gasteiger partial charge in [0, 0.05) is 6.42 Å². The molecular formula is C34H58FN5O6Si2. The molecule has 48 heavy (non-hydrogen) atoms. The van der Waals surface area contributed by atoms with E-state index in [2.05, 4.69) is 89.3 Å². The van der Waals surface area contributed by atoms with E-state index < -0.39 is 57.8 Å². The normalized spacial score (nSPS) is 21.5. The van der Waals surface area contributed by atoms with Crippen LogP contribution < -0.4 is 4.90 Å². The van der Waals surface area contributed by atoms with E-state index in [0.29, 0.717) is 5.57 Å². The Morgan fingerprint density at radius 2 is 1.40 bits per heavy atom. The zero-order valence-corrected chi connectivity index (χ0v) is 34.0. The zero-order valence-electron chi connectivity index (χ0n) is 32.0. The number of alkyl halides is 1. The third kappa shape index (κ3) is 8.36. The van der Waals surface area contributed by atoms with E-state index in [1.165, 1.54) is 12.7 Å². The van der Waals surface area contributed by atoms with Gasteiger partial charge < -0.3 is 22.9 Å². The average molecular weight is 708 g/mol. The van der Waals surface area contributed by atoms with Gasteiger partial charge in [0.1, 0.15) is 17.5 Å². The number of imidazole rings is 1. The Morgan fingerprint density at radius 3 is 1.85 bits per heavy atom. The van der Waals surface area contributed by atoms with Crippen molar-refractivity contribution in [3.05, 3.63) is 24.8 Å². The molecule has 0 bridgehead atoms. The molecule has 3 atom stereocenters. The number of carbonyl (C=O) groups excluding carboxylic acids is 2. The third-order valence-corrected chi connectivity index (χ3v) is 18.6. The van der Waals surface area contributed by atoms with Crippen LogP contribution >= 0.6 is 0 Å². The molecule has 0 aromatic carbocycles. The van der Waals surface area contributed by atoms with Crippen LogP contribution in [0.2, 0.25) is 36.3 Å². The smallest absolute Gasteiger partial charge is 0.425 e. The quantitative estimate of drug-likeness (QED) is 0.205. The molecule has 2 amide bonds. The molecule has 1 aliphatic rings. The largest absolute Gasteiger partial charge is 0.443 e. The zero-order chi connectivity index (χ0) is 37.1. The summed E-state index contributed by atoms with van der Waals surface area (Å²) in [5.41, 5.74) is -3.12. The number of fused-ring (bicyclic) bond motifs is 1. The molecule has 14 heteroatoms. The summed E-state index contributed by atoms with van der Waals surface area (Å²) in [5.74, 6) is -0.118. The molecule has 3 rings (SSSR count). The van der Waals surface area contributed by atoms with E-state index in [1.54, 1.807) is 46.1 Å². The van der Waals surface area contributed by atoms with Crippen molar-refractivity contribution in [2.45, 2.75) is 155 Å². The number of carbonyl (C=O) groups is 2. The topological polar surface area (TPSA) is 118 Å². The Morgan fingerprint density at radius 1 is 0.896 bits per heavy atom.